The summed E-state index contributed by atoms with van der Waals surface area (Å²) in [6, 6.07) is 17.5. The molecule has 3 aromatic rings. The number of amides is 1. The summed E-state index contributed by atoms with van der Waals surface area (Å²) >= 11 is 0. The molecule has 1 amide bonds. The second-order valence-corrected chi connectivity index (χ2v) is 5.04. The van der Waals surface area contributed by atoms with Crippen LogP contribution in [0.15, 0.2) is 60.7 Å². The third-order valence-electron chi connectivity index (χ3n) is 3.46. The van der Waals surface area contributed by atoms with Gasteiger partial charge in [-0.2, -0.15) is 5.10 Å². The van der Waals surface area contributed by atoms with E-state index >= 15 is 0 Å². The van der Waals surface area contributed by atoms with E-state index in [9.17, 15) is 9.18 Å². The Balaban J connectivity index is 2.01. The quantitative estimate of drug-likeness (QED) is 0.441. The number of carbonyl (C=O) groups is 1. The van der Waals surface area contributed by atoms with Gasteiger partial charge in [-0.05, 0) is 29.3 Å². The van der Waals surface area contributed by atoms with Gasteiger partial charge in [-0.25, -0.2) is 10.2 Å². The fourth-order valence-corrected chi connectivity index (χ4v) is 2.33. The van der Waals surface area contributed by atoms with Crippen molar-refractivity contribution in [2.75, 3.05) is 0 Å². The van der Waals surface area contributed by atoms with E-state index in [1.807, 2.05) is 30.3 Å². The molecule has 0 bridgehead atoms. The molecule has 0 spiro atoms. The average Bonchev–Trinajstić information content (AvgIpc) is 3.01. The smallest absolute Gasteiger partial charge is 0.285 e. The number of hydrogen-bond acceptors (Lipinski definition) is 3. The zero-order chi connectivity index (χ0) is 16.2. The number of rotatable bonds is 4. The number of nitrogens with zero attached hydrogens (tertiary/aromatic N) is 2. The minimum Gasteiger partial charge on any atom is -0.289 e. The molecule has 1 heterocycles. The van der Waals surface area contributed by atoms with Crippen LogP contribution in [0, 0.1) is 5.82 Å². The second-order valence-electron chi connectivity index (χ2n) is 5.04. The van der Waals surface area contributed by atoms with Gasteiger partial charge in [-0.15, -0.1) is 0 Å². The molecule has 1 aromatic heterocycles. The Morgan fingerprint density at radius 3 is 2.48 bits per heavy atom. The molecule has 0 atom stereocenters. The first-order valence-corrected chi connectivity index (χ1v) is 7.06. The summed E-state index contributed by atoms with van der Waals surface area (Å²) in [5.74, 6) is 4.43. The largest absolute Gasteiger partial charge is 0.289 e. The summed E-state index contributed by atoms with van der Waals surface area (Å²) in [6.07, 6.45) is 0. The predicted molar refractivity (Wildman–Crippen MR) is 84.8 cm³/mol. The minimum atomic E-state index is -0.458. The van der Waals surface area contributed by atoms with Crippen LogP contribution >= 0.6 is 0 Å². The predicted octanol–water partition coefficient (Wildman–Crippen LogP) is 2.34. The van der Waals surface area contributed by atoms with Crippen LogP contribution in [0.5, 0.6) is 0 Å². The number of halogens is 1. The second kappa shape index (κ2) is 6.41. The van der Waals surface area contributed by atoms with Gasteiger partial charge in [-0.3, -0.25) is 14.9 Å². The molecule has 5 nitrogen and oxygen atoms in total. The van der Waals surface area contributed by atoms with Gasteiger partial charge in [0.15, 0.2) is 5.69 Å². The molecule has 0 saturated carbocycles. The molecular weight excluding hydrogens is 295 g/mol. The van der Waals surface area contributed by atoms with Crippen molar-refractivity contribution >= 4 is 5.91 Å². The number of nitrogens with two attached hydrogens (primary N) is 1. The van der Waals surface area contributed by atoms with Crippen LogP contribution in [0.25, 0.3) is 11.3 Å². The fourth-order valence-electron chi connectivity index (χ4n) is 2.33. The van der Waals surface area contributed by atoms with Gasteiger partial charge < -0.3 is 0 Å². The Bertz CT molecular complexity index is 812. The van der Waals surface area contributed by atoms with Crippen molar-refractivity contribution in [1.82, 2.24) is 15.2 Å². The first kappa shape index (κ1) is 14.9. The lowest BCUT2D eigenvalue weighted by Gasteiger charge is -2.07. The zero-order valence-electron chi connectivity index (χ0n) is 12.2. The van der Waals surface area contributed by atoms with Crippen LogP contribution < -0.4 is 11.3 Å². The van der Waals surface area contributed by atoms with E-state index in [-0.39, 0.29) is 11.5 Å². The van der Waals surface area contributed by atoms with Gasteiger partial charge in [0.25, 0.3) is 5.91 Å². The van der Waals surface area contributed by atoms with E-state index in [4.69, 9.17) is 5.84 Å². The number of nitrogen functional groups attached to an aromatic ring is 1. The van der Waals surface area contributed by atoms with E-state index in [1.54, 1.807) is 22.9 Å². The highest BCUT2D eigenvalue weighted by Crippen LogP contribution is 2.21. The van der Waals surface area contributed by atoms with Crippen LogP contribution in [0.2, 0.25) is 0 Å². The number of hydrazine groups is 1. The Kier molecular flexibility index (Phi) is 4.16. The summed E-state index contributed by atoms with van der Waals surface area (Å²) in [4.78, 5) is 11.7. The van der Waals surface area contributed by atoms with Crippen molar-refractivity contribution in [3.05, 3.63) is 77.7 Å². The van der Waals surface area contributed by atoms with Gasteiger partial charge in [0.2, 0.25) is 0 Å². The molecule has 3 N–H and O–H groups in total. The lowest BCUT2D eigenvalue weighted by molar-refractivity contribution is 0.0948. The Hall–Kier alpha value is -2.99. The third-order valence-corrected chi connectivity index (χ3v) is 3.46. The molecule has 0 saturated heterocycles. The lowest BCUT2D eigenvalue weighted by atomic mass is 10.1. The van der Waals surface area contributed by atoms with Gasteiger partial charge in [0, 0.05) is 0 Å². The normalized spacial score (nSPS) is 10.5. The van der Waals surface area contributed by atoms with Crippen molar-refractivity contribution < 1.29 is 9.18 Å². The SMILES string of the molecule is NNC(=O)c1cc(-c2ccccc2)n(Cc2ccc(F)cc2)n1. The average molecular weight is 310 g/mol. The number of carbonyl (C=O) groups excluding carboxylic acids is 1. The molecule has 0 aliphatic rings. The van der Waals surface area contributed by atoms with Gasteiger partial charge >= 0.3 is 0 Å². The van der Waals surface area contributed by atoms with E-state index in [2.05, 4.69) is 10.5 Å². The molecule has 2 aromatic carbocycles. The fraction of sp³-hybridized carbons (Fsp3) is 0.0588. The van der Waals surface area contributed by atoms with Crippen molar-refractivity contribution in [2.45, 2.75) is 6.54 Å². The highest BCUT2D eigenvalue weighted by Gasteiger charge is 2.15. The topological polar surface area (TPSA) is 72.9 Å². The first-order chi connectivity index (χ1) is 11.2. The van der Waals surface area contributed by atoms with Gasteiger partial charge in [0.05, 0.1) is 12.2 Å². The monoisotopic (exact) mass is 310 g/mol. The van der Waals surface area contributed by atoms with Crippen molar-refractivity contribution in [1.29, 1.82) is 0 Å². The molecular formula is C17H15FN4O. The summed E-state index contributed by atoms with van der Waals surface area (Å²) < 4.78 is 14.7. The summed E-state index contributed by atoms with van der Waals surface area (Å²) in [5, 5.41) is 4.31. The Morgan fingerprint density at radius 1 is 1.13 bits per heavy atom. The molecule has 0 aliphatic heterocycles. The van der Waals surface area contributed by atoms with Crippen molar-refractivity contribution in [3.8, 4) is 11.3 Å². The van der Waals surface area contributed by atoms with Crippen LogP contribution in [-0.2, 0) is 6.54 Å². The van der Waals surface area contributed by atoms with Crippen LogP contribution in [-0.4, -0.2) is 15.7 Å². The van der Waals surface area contributed by atoms with Gasteiger partial charge in [0.1, 0.15) is 5.82 Å². The molecule has 0 radical (unpaired) electrons. The van der Waals surface area contributed by atoms with E-state index in [0.29, 0.717) is 6.54 Å². The standard InChI is InChI=1S/C17H15FN4O/c18-14-8-6-12(7-9-14)11-22-16(13-4-2-1-3-5-13)10-15(21-22)17(23)20-19/h1-10H,11,19H2,(H,20,23). The Morgan fingerprint density at radius 2 is 1.83 bits per heavy atom. The Labute approximate surface area is 132 Å². The maximum absolute atomic E-state index is 13.0. The maximum Gasteiger partial charge on any atom is 0.285 e. The molecule has 3 rings (SSSR count). The summed E-state index contributed by atoms with van der Waals surface area (Å²) in [7, 11) is 0. The molecule has 0 unspecified atom stereocenters. The van der Waals surface area contributed by atoms with E-state index in [1.165, 1.54) is 12.1 Å². The molecule has 0 fully saturated rings. The van der Waals surface area contributed by atoms with Crippen molar-refractivity contribution in [3.63, 3.8) is 0 Å². The number of aromatic nitrogens is 2. The summed E-state index contributed by atoms with van der Waals surface area (Å²) in [5.41, 5.74) is 4.91. The van der Waals surface area contributed by atoms with Crippen LogP contribution in [0.3, 0.4) is 0 Å². The number of nitrogens with one attached hydrogen (secondary N) is 1. The van der Waals surface area contributed by atoms with Crippen LogP contribution in [0.4, 0.5) is 4.39 Å². The highest BCUT2D eigenvalue weighted by atomic mass is 19.1. The van der Waals surface area contributed by atoms with Crippen LogP contribution in [0.1, 0.15) is 16.1 Å². The third kappa shape index (κ3) is 3.27. The minimum absolute atomic E-state index is 0.230. The molecule has 6 heteroatoms. The molecule has 23 heavy (non-hydrogen) atoms. The number of benzene rings is 2. The van der Waals surface area contributed by atoms with Gasteiger partial charge in [-0.1, -0.05) is 42.5 Å². The maximum atomic E-state index is 13.0. The highest BCUT2D eigenvalue weighted by molar-refractivity contribution is 5.93. The first-order valence-electron chi connectivity index (χ1n) is 7.06. The van der Waals surface area contributed by atoms with E-state index in [0.717, 1.165) is 16.8 Å². The lowest BCUT2D eigenvalue weighted by Crippen LogP contribution is -2.30. The molecule has 116 valence electrons. The van der Waals surface area contributed by atoms with Crippen molar-refractivity contribution in [2.24, 2.45) is 5.84 Å². The molecule has 0 aliphatic carbocycles. The van der Waals surface area contributed by atoms with E-state index < -0.39 is 5.91 Å². The number of hydrogen-bond donors (Lipinski definition) is 2. The zero-order valence-corrected chi connectivity index (χ0v) is 12.2. The summed E-state index contributed by atoms with van der Waals surface area (Å²) in [6.45, 7) is 0.419.